The number of halogens is 1. The molecule has 0 amide bonds. The van der Waals surface area contributed by atoms with Crippen molar-refractivity contribution in [3.8, 4) is 0 Å². The summed E-state index contributed by atoms with van der Waals surface area (Å²) >= 11 is 3.45. The van der Waals surface area contributed by atoms with E-state index >= 15 is 0 Å². The standard InChI is InChI=1S/C13H20BrN3/c1-11(14)9-17-6-3-4-12(10-17)8-13-15-5-7-16(13)2/h5,7,12H,1,3-4,6,8-10H2,2H3/t12-/m0/s1. The first-order valence-electron chi connectivity index (χ1n) is 6.17. The summed E-state index contributed by atoms with van der Waals surface area (Å²) in [6, 6.07) is 0. The molecular formula is C13H20BrN3. The van der Waals surface area contributed by atoms with Crippen LogP contribution in [0, 0.1) is 5.92 Å². The van der Waals surface area contributed by atoms with Crippen LogP contribution in [0.5, 0.6) is 0 Å². The van der Waals surface area contributed by atoms with Gasteiger partial charge in [0, 0.05) is 43.4 Å². The van der Waals surface area contributed by atoms with Crippen molar-refractivity contribution in [1.29, 1.82) is 0 Å². The van der Waals surface area contributed by atoms with Gasteiger partial charge in [-0.25, -0.2) is 4.98 Å². The topological polar surface area (TPSA) is 21.1 Å². The van der Waals surface area contributed by atoms with Crippen LogP contribution in [0.3, 0.4) is 0 Å². The van der Waals surface area contributed by atoms with Crippen LogP contribution in [0.15, 0.2) is 23.5 Å². The predicted octanol–water partition coefficient (Wildman–Crippen LogP) is 2.58. The third kappa shape index (κ3) is 3.68. The van der Waals surface area contributed by atoms with E-state index in [1.54, 1.807) is 0 Å². The number of imidazole rings is 1. The van der Waals surface area contributed by atoms with E-state index in [0.717, 1.165) is 29.9 Å². The van der Waals surface area contributed by atoms with Gasteiger partial charge in [0.1, 0.15) is 5.82 Å². The van der Waals surface area contributed by atoms with Gasteiger partial charge in [-0.05, 0) is 25.3 Å². The van der Waals surface area contributed by atoms with Crippen LogP contribution >= 0.6 is 15.9 Å². The first-order valence-corrected chi connectivity index (χ1v) is 6.96. The fourth-order valence-corrected chi connectivity index (χ4v) is 2.91. The summed E-state index contributed by atoms with van der Waals surface area (Å²) < 4.78 is 3.21. The lowest BCUT2D eigenvalue weighted by molar-refractivity contribution is 0.188. The molecule has 1 fully saturated rings. The maximum absolute atomic E-state index is 4.41. The molecule has 0 N–H and O–H groups in total. The van der Waals surface area contributed by atoms with Crippen LogP contribution in [0.2, 0.25) is 0 Å². The molecule has 0 saturated carbocycles. The van der Waals surface area contributed by atoms with E-state index in [9.17, 15) is 0 Å². The lowest BCUT2D eigenvalue weighted by Crippen LogP contribution is -2.37. The molecule has 4 heteroatoms. The molecule has 3 nitrogen and oxygen atoms in total. The smallest absolute Gasteiger partial charge is 0.108 e. The van der Waals surface area contributed by atoms with Crippen molar-refractivity contribution in [2.24, 2.45) is 13.0 Å². The van der Waals surface area contributed by atoms with Crippen molar-refractivity contribution in [1.82, 2.24) is 14.5 Å². The van der Waals surface area contributed by atoms with Gasteiger partial charge >= 0.3 is 0 Å². The summed E-state index contributed by atoms with van der Waals surface area (Å²) in [5.74, 6) is 1.94. The molecule has 0 radical (unpaired) electrons. The van der Waals surface area contributed by atoms with Crippen LogP contribution in [0.4, 0.5) is 0 Å². The fourth-order valence-electron chi connectivity index (χ4n) is 2.56. The molecule has 0 unspecified atom stereocenters. The number of aromatic nitrogens is 2. The normalized spacial score (nSPS) is 21.6. The number of piperidine rings is 1. The van der Waals surface area contributed by atoms with Crippen molar-refractivity contribution >= 4 is 15.9 Å². The Morgan fingerprint density at radius 1 is 1.65 bits per heavy atom. The van der Waals surface area contributed by atoms with Crippen LogP contribution in [0.1, 0.15) is 18.7 Å². The van der Waals surface area contributed by atoms with E-state index in [1.165, 1.54) is 25.2 Å². The number of nitrogens with zero attached hydrogens (tertiary/aromatic N) is 3. The molecule has 2 heterocycles. The van der Waals surface area contributed by atoms with Crippen molar-refractivity contribution in [2.75, 3.05) is 19.6 Å². The molecule has 17 heavy (non-hydrogen) atoms. The monoisotopic (exact) mass is 297 g/mol. The molecule has 1 aliphatic rings. The second-order valence-electron chi connectivity index (χ2n) is 4.92. The molecule has 0 spiro atoms. The molecule has 2 rings (SSSR count). The Morgan fingerprint density at radius 2 is 2.47 bits per heavy atom. The Kier molecular flexibility index (Phi) is 4.40. The highest BCUT2D eigenvalue weighted by atomic mass is 79.9. The van der Waals surface area contributed by atoms with Gasteiger partial charge in [-0.3, -0.25) is 4.90 Å². The zero-order chi connectivity index (χ0) is 12.3. The van der Waals surface area contributed by atoms with Gasteiger partial charge < -0.3 is 4.57 Å². The molecule has 1 saturated heterocycles. The Morgan fingerprint density at radius 3 is 3.12 bits per heavy atom. The minimum Gasteiger partial charge on any atom is -0.338 e. The van der Waals surface area contributed by atoms with Gasteiger partial charge in [-0.15, -0.1) is 0 Å². The first-order chi connectivity index (χ1) is 8.15. The molecule has 0 aliphatic carbocycles. The first kappa shape index (κ1) is 12.8. The Bertz CT molecular complexity index is 386. The average molecular weight is 298 g/mol. The minimum atomic E-state index is 0.733. The fraction of sp³-hybridized carbons (Fsp3) is 0.615. The second-order valence-corrected chi connectivity index (χ2v) is 6.04. The molecule has 1 atom stereocenters. The van der Waals surface area contributed by atoms with Crippen LogP contribution in [-0.4, -0.2) is 34.1 Å². The van der Waals surface area contributed by atoms with Gasteiger partial charge in [0.15, 0.2) is 0 Å². The molecule has 1 aromatic rings. The summed E-state index contributed by atoms with van der Waals surface area (Å²) in [5, 5.41) is 0. The quantitative estimate of drug-likeness (QED) is 0.852. The number of hydrogen-bond donors (Lipinski definition) is 0. The summed E-state index contributed by atoms with van der Waals surface area (Å²) in [7, 11) is 2.07. The highest BCUT2D eigenvalue weighted by molar-refractivity contribution is 9.11. The van der Waals surface area contributed by atoms with Crippen LogP contribution in [-0.2, 0) is 13.5 Å². The third-order valence-electron chi connectivity index (χ3n) is 3.39. The zero-order valence-corrected chi connectivity index (χ0v) is 12.0. The van der Waals surface area contributed by atoms with E-state index in [1.807, 2.05) is 12.4 Å². The molecule has 0 bridgehead atoms. The van der Waals surface area contributed by atoms with E-state index in [2.05, 4.69) is 44.0 Å². The van der Waals surface area contributed by atoms with Gasteiger partial charge in [0.25, 0.3) is 0 Å². The number of rotatable bonds is 4. The second kappa shape index (κ2) is 5.83. The van der Waals surface area contributed by atoms with E-state index in [4.69, 9.17) is 0 Å². The average Bonchev–Trinajstić information content (AvgIpc) is 2.64. The number of likely N-dealkylation sites (tertiary alicyclic amines) is 1. The molecule has 94 valence electrons. The molecular weight excluding hydrogens is 278 g/mol. The minimum absolute atomic E-state index is 0.733. The van der Waals surface area contributed by atoms with Gasteiger partial charge in [0.05, 0.1) is 0 Å². The van der Waals surface area contributed by atoms with Crippen molar-refractivity contribution in [3.63, 3.8) is 0 Å². The Labute approximate surface area is 112 Å². The zero-order valence-electron chi connectivity index (χ0n) is 10.4. The van der Waals surface area contributed by atoms with E-state index in [-0.39, 0.29) is 0 Å². The van der Waals surface area contributed by atoms with Crippen molar-refractivity contribution in [3.05, 3.63) is 29.3 Å². The molecule has 0 aromatic carbocycles. The van der Waals surface area contributed by atoms with Crippen LogP contribution < -0.4 is 0 Å². The summed E-state index contributed by atoms with van der Waals surface area (Å²) in [6.45, 7) is 7.25. The summed E-state index contributed by atoms with van der Waals surface area (Å²) in [5.41, 5.74) is 0. The SMILES string of the molecule is C=C(Br)CN1CCC[C@@H](Cc2nccn2C)C1. The predicted molar refractivity (Wildman–Crippen MR) is 74.1 cm³/mol. The maximum atomic E-state index is 4.41. The Balaban J connectivity index is 1.89. The highest BCUT2D eigenvalue weighted by Gasteiger charge is 2.21. The van der Waals surface area contributed by atoms with Crippen LogP contribution in [0.25, 0.3) is 0 Å². The summed E-state index contributed by atoms with van der Waals surface area (Å²) in [6.07, 6.45) is 7.61. The van der Waals surface area contributed by atoms with Gasteiger partial charge in [-0.1, -0.05) is 22.5 Å². The van der Waals surface area contributed by atoms with E-state index in [0.29, 0.717) is 0 Å². The summed E-state index contributed by atoms with van der Waals surface area (Å²) in [4.78, 5) is 6.89. The van der Waals surface area contributed by atoms with E-state index < -0.39 is 0 Å². The lowest BCUT2D eigenvalue weighted by Gasteiger charge is -2.32. The van der Waals surface area contributed by atoms with Gasteiger partial charge in [0.2, 0.25) is 0 Å². The highest BCUT2D eigenvalue weighted by Crippen LogP contribution is 2.21. The number of hydrogen-bond acceptors (Lipinski definition) is 2. The Hall–Kier alpha value is -0.610. The maximum Gasteiger partial charge on any atom is 0.108 e. The van der Waals surface area contributed by atoms with Gasteiger partial charge in [-0.2, -0.15) is 0 Å². The van der Waals surface area contributed by atoms with Crippen molar-refractivity contribution in [2.45, 2.75) is 19.3 Å². The van der Waals surface area contributed by atoms with Crippen molar-refractivity contribution < 1.29 is 0 Å². The number of aryl methyl sites for hydroxylation is 1. The largest absolute Gasteiger partial charge is 0.338 e. The molecule has 1 aromatic heterocycles. The molecule has 1 aliphatic heterocycles. The lowest BCUT2D eigenvalue weighted by atomic mass is 9.94. The third-order valence-corrected chi connectivity index (χ3v) is 3.64.